The van der Waals surface area contributed by atoms with Gasteiger partial charge in [0, 0.05) is 25.5 Å². The van der Waals surface area contributed by atoms with Crippen LogP contribution in [0.4, 0.5) is 0 Å². The van der Waals surface area contributed by atoms with E-state index in [1.54, 1.807) is 7.05 Å². The maximum absolute atomic E-state index is 10.6. The number of para-hydroxylation sites is 1. The van der Waals surface area contributed by atoms with Crippen LogP contribution in [0.25, 0.3) is 0 Å². The molecule has 0 amide bonds. The zero-order chi connectivity index (χ0) is 16.2. The van der Waals surface area contributed by atoms with Crippen LogP contribution in [0.5, 0.6) is 11.5 Å². The summed E-state index contributed by atoms with van der Waals surface area (Å²) in [6.45, 7) is 0.517. The Morgan fingerprint density at radius 3 is 3.00 bits per heavy atom. The van der Waals surface area contributed by atoms with Gasteiger partial charge in [-0.25, -0.2) is 4.84 Å². The van der Waals surface area contributed by atoms with Crippen molar-refractivity contribution in [3.63, 3.8) is 0 Å². The maximum atomic E-state index is 10.6. The van der Waals surface area contributed by atoms with Crippen molar-refractivity contribution in [3.05, 3.63) is 23.8 Å². The topological polar surface area (TPSA) is 80.7 Å². The fourth-order valence-corrected chi connectivity index (χ4v) is 2.53. The highest BCUT2D eigenvalue weighted by Gasteiger charge is 2.35. The molecule has 2 aliphatic heterocycles. The Morgan fingerprint density at radius 1 is 1.35 bits per heavy atom. The predicted molar refractivity (Wildman–Crippen MR) is 77.9 cm³/mol. The summed E-state index contributed by atoms with van der Waals surface area (Å²) in [7, 11) is 1.67. The van der Waals surface area contributed by atoms with Crippen LogP contribution in [-0.2, 0) is 20.9 Å². The van der Waals surface area contributed by atoms with Gasteiger partial charge >= 0.3 is 5.97 Å². The van der Waals surface area contributed by atoms with E-state index in [1.807, 2.05) is 18.2 Å². The predicted octanol–water partition coefficient (Wildman–Crippen LogP) is 1.91. The van der Waals surface area contributed by atoms with Crippen LogP contribution in [-0.4, -0.2) is 41.4 Å². The minimum Gasteiger partial charge on any atom is -0.481 e. The van der Waals surface area contributed by atoms with Gasteiger partial charge in [-0.3, -0.25) is 9.63 Å². The minimum atomic E-state index is -0.769. The summed E-state index contributed by atoms with van der Waals surface area (Å²) in [6.07, 6.45) is 2.57. The summed E-state index contributed by atoms with van der Waals surface area (Å²) in [4.78, 5) is 32.7. The fraction of sp³-hybridized carbons (Fsp3) is 0.533. The van der Waals surface area contributed by atoms with Crippen LogP contribution in [0.2, 0.25) is 0 Å². The van der Waals surface area contributed by atoms with Crippen molar-refractivity contribution in [2.24, 2.45) is 0 Å². The molecule has 1 aromatic carbocycles. The van der Waals surface area contributed by atoms with Crippen LogP contribution < -0.4 is 9.68 Å². The van der Waals surface area contributed by atoms with Crippen LogP contribution in [0.1, 0.15) is 31.2 Å². The molecule has 1 N–H and O–H groups in total. The van der Waals surface area contributed by atoms with Crippen molar-refractivity contribution in [1.82, 2.24) is 10.5 Å². The number of hydrogen-bond acceptors (Lipinski definition) is 7. The van der Waals surface area contributed by atoms with E-state index in [9.17, 15) is 4.79 Å². The molecular formula is C15H20N2O6. The second kappa shape index (κ2) is 7.14. The van der Waals surface area contributed by atoms with Gasteiger partial charge in [0.1, 0.15) is 0 Å². The number of aliphatic carboxylic acids is 1. The molecule has 23 heavy (non-hydrogen) atoms. The number of aryl methyl sites for hydroxylation is 1. The number of nitrogens with zero attached hydrogens (tertiary/aromatic N) is 2. The van der Waals surface area contributed by atoms with Gasteiger partial charge in [0.15, 0.2) is 11.5 Å². The largest absolute Gasteiger partial charge is 0.481 e. The molecule has 1 saturated heterocycles. The Morgan fingerprint density at radius 2 is 2.22 bits per heavy atom. The number of hydrogen-bond donors (Lipinski definition) is 1. The molecule has 0 saturated carbocycles. The first-order valence-corrected chi connectivity index (χ1v) is 7.66. The van der Waals surface area contributed by atoms with Gasteiger partial charge in [-0.2, -0.15) is 0 Å². The molecule has 8 nitrogen and oxygen atoms in total. The second-order valence-electron chi connectivity index (χ2n) is 5.43. The third-order valence-corrected chi connectivity index (χ3v) is 3.66. The molecule has 0 aromatic heterocycles. The average molecular weight is 324 g/mol. The van der Waals surface area contributed by atoms with Crippen molar-refractivity contribution in [2.75, 3.05) is 13.7 Å². The van der Waals surface area contributed by atoms with Crippen molar-refractivity contribution in [3.8, 4) is 11.5 Å². The number of fused-ring (bicyclic) bond motifs is 1. The number of rotatable bonds is 6. The van der Waals surface area contributed by atoms with Crippen LogP contribution in [0.15, 0.2) is 18.2 Å². The van der Waals surface area contributed by atoms with Crippen LogP contribution in [0.3, 0.4) is 0 Å². The maximum Gasteiger partial charge on any atom is 0.303 e. The summed E-state index contributed by atoms with van der Waals surface area (Å²) < 4.78 is 0. The Labute approximate surface area is 133 Å². The quantitative estimate of drug-likeness (QED) is 0.795. The molecule has 0 spiro atoms. The molecule has 2 heterocycles. The summed E-state index contributed by atoms with van der Waals surface area (Å²) >= 11 is 0. The minimum absolute atomic E-state index is 0.181. The molecule has 0 aliphatic carbocycles. The first-order chi connectivity index (χ1) is 11.1. The summed E-state index contributed by atoms with van der Waals surface area (Å²) in [5.41, 5.74) is 0.996. The standard InChI is InChI=1S/C15H20N2O6/c1-16-20-10-9-13(22-16)17-21-12-7-4-6-11(15(12)23-17)5-2-3-8-14(18)19/h4,6-7,13H,2-3,5,8-10H2,1H3,(H,18,19). The summed E-state index contributed by atoms with van der Waals surface area (Å²) in [5.74, 6) is 0.536. The van der Waals surface area contributed by atoms with Gasteiger partial charge in [-0.1, -0.05) is 17.4 Å². The monoisotopic (exact) mass is 324 g/mol. The lowest BCUT2D eigenvalue weighted by Gasteiger charge is -2.31. The lowest BCUT2D eigenvalue weighted by Crippen LogP contribution is -2.46. The number of hydroxylamine groups is 4. The molecule has 2 aliphatic rings. The van der Waals surface area contributed by atoms with Crippen molar-refractivity contribution >= 4 is 5.97 Å². The molecule has 1 unspecified atom stereocenters. The smallest absolute Gasteiger partial charge is 0.303 e. The van der Waals surface area contributed by atoms with Gasteiger partial charge in [-0.05, 0) is 25.3 Å². The Kier molecular flexibility index (Phi) is 4.97. The number of benzene rings is 1. The SMILES string of the molecule is CN1OCCC(N2Oc3cccc(CCCCC(=O)O)c3O2)O1. The average Bonchev–Trinajstić information content (AvgIpc) is 2.96. The third-order valence-electron chi connectivity index (χ3n) is 3.66. The van der Waals surface area contributed by atoms with E-state index in [1.165, 1.54) is 10.5 Å². The Balaban J connectivity index is 1.60. The van der Waals surface area contributed by atoms with E-state index in [2.05, 4.69) is 0 Å². The van der Waals surface area contributed by atoms with E-state index >= 15 is 0 Å². The number of unbranched alkanes of at least 4 members (excludes halogenated alkanes) is 1. The highest BCUT2D eigenvalue weighted by atomic mass is 17.0. The third kappa shape index (κ3) is 3.91. The van der Waals surface area contributed by atoms with E-state index < -0.39 is 5.97 Å². The van der Waals surface area contributed by atoms with Crippen molar-refractivity contribution in [2.45, 2.75) is 38.3 Å². The summed E-state index contributed by atoms with van der Waals surface area (Å²) in [6, 6.07) is 5.69. The first-order valence-electron chi connectivity index (χ1n) is 7.66. The number of carboxylic acids is 1. The van der Waals surface area contributed by atoms with Crippen molar-refractivity contribution < 1.29 is 29.3 Å². The first kappa shape index (κ1) is 16.0. The normalized spacial score (nSPS) is 21.5. The highest BCUT2D eigenvalue weighted by Crippen LogP contribution is 2.39. The van der Waals surface area contributed by atoms with Gasteiger partial charge in [0.25, 0.3) is 0 Å². The Hall–Kier alpha value is -1.87. The van der Waals surface area contributed by atoms with Gasteiger partial charge < -0.3 is 14.8 Å². The molecule has 0 radical (unpaired) electrons. The number of carboxylic acid groups (broad SMARTS) is 1. The second-order valence-corrected chi connectivity index (χ2v) is 5.43. The lowest BCUT2D eigenvalue weighted by molar-refractivity contribution is -0.463. The fourth-order valence-electron chi connectivity index (χ4n) is 2.53. The lowest BCUT2D eigenvalue weighted by atomic mass is 10.1. The van der Waals surface area contributed by atoms with Gasteiger partial charge in [0.2, 0.25) is 6.23 Å². The molecular weight excluding hydrogens is 304 g/mol. The zero-order valence-electron chi connectivity index (χ0n) is 12.9. The van der Waals surface area contributed by atoms with Crippen LogP contribution in [0, 0.1) is 0 Å². The van der Waals surface area contributed by atoms with Crippen LogP contribution >= 0.6 is 0 Å². The zero-order valence-corrected chi connectivity index (χ0v) is 12.9. The molecule has 8 heteroatoms. The molecule has 0 bridgehead atoms. The molecule has 1 fully saturated rings. The Bertz CT molecular complexity index is 567. The van der Waals surface area contributed by atoms with Gasteiger partial charge in [0.05, 0.1) is 11.8 Å². The van der Waals surface area contributed by atoms with Gasteiger partial charge in [-0.15, -0.1) is 0 Å². The highest BCUT2D eigenvalue weighted by molar-refractivity contribution is 5.66. The molecule has 1 atom stereocenters. The van der Waals surface area contributed by atoms with E-state index in [0.29, 0.717) is 30.9 Å². The van der Waals surface area contributed by atoms with Crippen molar-refractivity contribution in [1.29, 1.82) is 0 Å². The molecule has 126 valence electrons. The number of carbonyl (C=O) groups is 1. The summed E-state index contributed by atoms with van der Waals surface area (Å²) in [5, 5.41) is 11.3. The molecule has 1 aromatic rings. The van der Waals surface area contributed by atoms with E-state index in [-0.39, 0.29) is 12.6 Å². The molecule has 3 rings (SSSR count). The van der Waals surface area contributed by atoms with E-state index in [0.717, 1.165) is 18.4 Å². The van der Waals surface area contributed by atoms with E-state index in [4.69, 9.17) is 24.5 Å².